The maximum atomic E-state index is 3.77. The van der Waals surface area contributed by atoms with Crippen LogP contribution in [0.3, 0.4) is 0 Å². The Morgan fingerprint density at radius 1 is 1.33 bits per heavy atom. The average Bonchev–Trinajstić information content (AvgIpc) is 2.45. The minimum atomic E-state index is 0.756. The average molecular weight is 207 g/mol. The molecule has 1 saturated heterocycles. The van der Waals surface area contributed by atoms with Gasteiger partial charge in [0, 0.05) is 6.04 Å². The monoisotopic (exact) mass is 207 g/mol. The van der Waals surface area contributed by atoms with E-state index in [4.69, 9.17) is 0 Å². The molecule has 0 amide bonds. The standard InChI is InChI=1S/C14H25N/c1-3-7-12-10-13-8-5-4-6-9-15-14(13)11(12)2/h10-11,13-15H,3-9H2,1-2H3. The van der Waals surface area contributed by atoms with Crippen molar-refractivity contribution in [1.82, 2.24) is 5.32 Å². The van der Waals surface area contributed by atoms with Crippen molar-refractivity contribution in [3.05, 3.63) is 11.6 Å². The number of nitrogens with one attached hydrogen (secondary N) is 1. The van der Waals surface area contributed by atoms with Crippen LogP contribution in [0, 0.1) is 11.8 Å². The van der Waals surface area contributed by atoms with Crippen LogP contribution in [0.2, 0.25) is 0 Å². The summed E-state index contributed by atoms with van der Waals surface area (Å²) < 4.78 is 0. The van der Waals surface area contributed by atoms with E-state index >= 15 is 0 Å². The van der Waals surface area contributed by atoms with Crippen molar-refractivity contribution in [3.8, 4) is 0 Å². The lowest BCUT2D eigenvalue weighted by Crippen LogP contribution is -2.39. The van der Waals surface area contributed by atoms with Crippen molar-refractivity contribution in [3.63, 3.8) is 0 Å². The molecule has 0 aromatic heterocycles. The quantitative estimate of drug-likeness (QED) is 0.683. The highest BCUT2D eigenvalue weighted by molar-refractivity contribution is 5.20. The van der Waals surface area contributed by atoms with Crippen molar-refractivity contribution in [2.75, 3.05) is 6.54 Å². The fourth-order valence-electron chi connectivity index (χ4n) is 3.27. The highest BCUT2D eigenvalue weighted by Gasteiger charge is 2.33. The molecule has 86 valence electrons. The number of rotatable bonds is 2. The Morgan fingerprint density at radius 2 is 2.20 bits per heavy atom. The Balaban J connectivity index is 2.03. The van der Waals surface area contributed by atoms with Gasteiger partial charge in [-0.25, -0.2) is 0 Å². The fraction of sp³-hybridized carbons (Fsp3) is 0.857. The zero-order chi connectivity index (χ0) is 10.7. The molecule has 1 heteroatoms. The highest BCUT2D eigenvalue weighted by Crippen LogP contribution is 2.36. The van der Waals surface area contributed by atoms with E-state index in [0.29, 0.717) is 0 Å². The van der Waals surface area contributed by atoms with Gasteiger partial charge in [0.25, 0.3) is 0 Å². The van der Waals surface area contributed by atoms with Crippen LogP contribution in [0.15, 0.2) is 11.6 Å². The SMILES string of the molecule is CCCC1=CC2CCCCCNC2C1C. The van der Waals surface area contributed by atoms with E-state index in [-0.39, 0.29) is 0 Å². The van der Waals surface area contributed by atoms with Gasteiger partial charge in [0.1, 0.15) is 0 Å². The van der Waals surface area contributed by atoms with Gasteiger partial charge in [-0.3, -0.25) is 0 Å². The lowest BCUT2D eigenvalue weighted by Gasteiger charge is -2.27. The largest absolute Gasteiger partial charge is 0.313 e. The van der Waals surface area contributed by atoms with Crippen molar-refractivity contribution in [1.29, 1.82) is 0 Å². The number of fused-ring (bicyclic) bond motifs is 1. The molecule has 1 nitrogen and oxygen atoms in total. The predicted octanol–water partition coefficient (Wildman–Crippen LogP) is 3.51. The first-order valence-electron chi connectivity index (χ1n) is 6.77. The van der Waals surface area contributed by atoms with Crippen LogP contribution in [-0.4, -0.2) is 12.6 Å². The Bertz CT molecular complexity index is 231. The topological polar surface area (TPSA) is 12.0 Å². The van der Waals surface area contributed by atoms with Crippen LogP contribution in [-0.2, 0) is 0 Å². The maximum absolute atomic E-state index is 3.77. The molecule has 0 aromatic carbocycles. The summed E-state index contributed by atoms with van der Waals surface area (Å²) in [6.45, 7) is 5.95. The second-order valence-corrected chi connectivity index (χ2v) is 5.27. The van der Waals surface area contributed by atoms with Crippen molar-refractivity contribution < 1.29 is 0 Å². The van der Waals surface area contributed by atoms with Gasteiger partial charge in [-0.2, -0.15) is 0 Å². The van der Waals surface area contributed by atoms with Gasteiger partial charge in [-0.15, -0.1) is 0 Å². The second-order valence-electron chi connectivity index (χ2n) is 5.27. The summed E-state index contributed by atoms with van der Waals surface area (Å²) in [7, 11) is 0. The van der Waals surface area contributed by atoms with Gasteiger partial charge in [0.05, 0.1) is 0 Å². The molecule has 2 rings (SSSR count). The molecule has 1 fully saturated rings. The maximum Gasteiger partial charge on any atom is 0.0193 e. The first-order chi connectivity index (χ1) is 7.33. The summed E-state index contributed by atoms with van der Waals surface area (Å²) in [6.07, 6.45) is 10.9. The predicted molar refractivity (Wildman–Crippen MR) is 65.9 cm³/mol. The molecular formula is C14H25N. The van der Waals surface area contributed by atoms with Gasteiger partial charge in [0.15, 0.2) is 0 Å². The van der Waals surface area contributed by atoms with Crippen LogP contribution < -0.4 is 5.32 Å². The third kappa shape index (κ3) is 2.44. The molecule has 0 radical (unpaired) electrons. The summed E-state index contributed by atoms with van der Waals surface area (Å²) in [5, 5.41) is 3.77. The first kappa shape index (κ1) is 11.2. The minimum Gasteiger partial charge on any atom is -0.313 e. The molecule has 3 unspecified atom stereocenters. The molecular weight excluding hydrogens is 182 g/mol. The van der Waals surface area contributed by atoms with Crippen LogP contribution >= 0.6 is 0 Å². The van der Waals surface area contributed by atoms with E-state index in [1.165, 1.54) is 45.1 Å². The third-order valence-corrected chi connectivity index (χ3v) is 4.15. The molecule has 0 bridgehead atoms. The van der Waals surface area contributed by atoms with E-state index in [0.717, 1.165) is 17.9 Å². The minimum absolute atomic E-state index is 0.756. The van der Waals surface area contributed by atoms with E-state index in [9.17, 15) is 0 Å². The van der Waals surface area contributed by atoms with Gasteiger partial charge < -0.3 is 5.32 Å². The Labute approximate surface area is 94.3 Å². The third-order valence-electron chi connectivity index (χ3n) is 4.15. The van der Waals surface area contributed by atoms with Gasteiger partial charge in [-0.05, 0) is 37.6 Å². The lowest BCUT2D eigenvalue weighted by atomic mass is 9.89. The lowest BCUT2D eigenvalue weighted by molar-refractivity contribution is 0.319. The molecule has 1 heterocycles. The van der Waals surface area contributed by atoms with Gasteiger partial charge in [0.2, 0.25) is 0 Å². The summed E-state index contributed by atoms with van der Waals surface area (Å²) >= 11 is 0. The summed E-state index contributed by atoms with van der Waals surface area (Å²) in [4.78, 5) is 0. The molecule has 3 atom stereocenters. The van der Waals surface area contributed by atoms with Crippen molar-refractivity contribution in [2.45, 2.75) is 58.4 Å². The second kappa shape index (κ2) is 5.16. The van der Waals surface area contributed by atoms with Crippen molar-refractivity contribution >= 4 is 0 Å². The van der Waals surface area contributed by atoms with Crippen LogP contribution in [0.5, 0.6) is 0 Å². The molecule has 0 aromatic rings. The summed E-state index contributed by atoms with van der Waals surface area (Å²) in [5.41, 5.74) is 1.72. The normalized spacial score (nSPS) is 36.7. The molecule has 1 aliphatic carbocycles. The van der Waals surface area contributed by atoms with Gasteiger partial charge in [-0.1, -0.05) is 44.8 Å². The number of hydrogen-bond donors (Lipinski definition) is 1. The van der Waals surface area contributed by atoms with Crippen LogP contribution in [0.1, 0.15) is 52.4 Å². The smallest absolute Gasteiger partial charge is 0.0193 e. The summed E-state index contributed by atoms with van der Waals surface area (Å²) in [5.74, 6) is 1.62. The van der Waals surface area contributed by atoms with E-state index in [2.05, 4.69) is 25.2 Å². The van der Waals surface area contributed by atoms with Crippen LogP contribution in [0.4, 0.5) is 0 Å². The van der Waals surface area contributed by atoms with E-state index in [1.807, 2.05) is 0 Å². The molecule has 15 heavy (non-hydrogen) atoms. The van der Waals surface area contributed by atoms with Crippen molar-refractivity contribution in [2.24, 2.45) is 11.8 Å². The number of hydrogen-bond acceptors (Lipinski definition) is 1. The molecule has 1 aliphatic heterocycles. The van der Waals surface area contributed by atoms with Gasteiger partial charge >= 0.3 is 0 Å². The fourth-order valence-corrected chi connectivity index (χ4v) is 3.27. The van der Waals surface area contributed by atoms with Crippen LogP contribution in [0.25, 0.3) is 0 Å². The zero-order valence-electron chi connectivity index (χ0n) is 10.3. The highest BCUT2D eigenvalue weighted by atomic mass is 14.9. The zero-order valence-corrected chi connectivity index (χ0v) is 10.3. The van der Waals surface area contributed by atoms with E-state index < -0.39 is 0 Å². The Kier molecular flexibility index (Phi) is 3.85. The molecule has 2 aliphatic rings. The first-order valence-corrected chi connectivity index (χ1v) is 6.77. The molecule has 0 saturated carbocycles. The molecule has 1 N–H and O–H groups in total. The molecule has 0 spiro atoms. The Hall–Kier alpha value is -0.300. The van der Waals surface area contributed by atoms with E-state index in [1.54, 1.807) is 5.57 Å². The Morgan fingerprint density at radius 3 is 3.00 bits per heavy atom. The summed E-state index contributed by atoms with van der Waals surface area (Å²) in [6, 6.07) is 0.756.